The SMILES string of the molecule is CCCc1cc(=O)oc2c(C)c3c(cc12)C(=O)C[C@@]1(CCC[C@@H](C)C1)O3. The Morgan fingerprint density at radius 2 is 2.08 bits per heavy atom. The van der Waals surface area contributed by atoms with Gasteiger partial charge in [0.05, 0.1) is 12.0 Å². The van der Waals surface area contributed by atoms with Crippen molar-refractivity contribution in [1.82, 2.24) is 0 Å². The highest BCUT2D eigenvalue weighted by atomic mass is 16.5. The smallest absolute Gasteiger partial charge is 0.336 e. The van der Waals surface area contributed by atoms with Gasteiger partial charge in [0.25, 0.3) is 0 Å². The summed E-state index contributed by atoms with van der Waals surface area (Å²) in [6.45, 7) is 6.21. The average molecular weight is 354 g/mol. The van der Waals surface area contributed by atoms with Crippen molar-refractivity contribution in [3.05, 3.63) is 39.2 Å². The predicted molar refractivity (Wildman–Crippen MR) is 101 cm³/mol. The summed E-state index contributed by atoms with van der Waals surface area (Å²) >= 11 is 0. The summed E-state index contributed by atoms with van der Waals surface area (Å²) in [6.07, 6.45) is 6.28. The molecule has 0 amide bonds. The van der Waals surface area contributed by atoms with Crippen LogP contribution in [-0.4, -0.2) is 11.4 Å². The summed E-state index contributed by atoms with van der Waals surface area (Å²) in [4.78, 5) is 25.1. The largest absolute Gasteiger partial charge is 0.486 e. The van der Waals surface area contributed by atoms with Crippen LogP contribution in [0.5, 0.6) is 5.75 Å². The van der Waals surface area contributed by atoms with Gasteiger partial charge < -0.3 is 9.15 Å². The van der Waals surface area contributed by atoms with E-state index in [1.165, 1.54) is 6.42 Å². The number of Topliss-reactive ketones (excluding diaryl/α,β-unsaturated/α-hetero) is 1. The Bertz CT molecular complexity index is 939. The maximum absolute atomic E-state index is 13.0. The highest BCUT2D eigenvalue weighted by Gasteiger charge is 2.44. The van der Waals surface area contributed by atoms with Crippen LogP contribution < -0.4 is 10.4 Å². The lowest BCUT2D eigenvalue weighted by molar-refractivity contribution is -0.00127. The second-order valence-corrected chi connectivity index (χ2v) is 8.18. The molecule has 1 aliphatic carbocycles. The quantitative estimate of drug-likeness (QED) is 0.715. The molecule has 0 saturated heterocycles. The summed E-state index contributed by atoms with van der Waals surface area (Å²) in [7, 11) is 0. The Morgan fingerprint density at radius 1 is 1.27 bits per heavy atom. The maximum Gasteiger partial charge on any atom is 0.336 e. The van der Waals surface area contributed by atoms with E-state index in [0.29, 0.717) is 29.2 Å². The van der Waals surface area contributed by atoms with Crippen LogP contribution in [0.15, 0.2) is 21.3 Å². The van der Waals surface area contributed by atoms with Crippen molar-refractivity contribution in [1.29, 1.82) is 0 Å². The number of hydrogen-bond acceptors (Lipinski definition) is 4. The molecule has 1 aromatic carbocycles. The fourth-order valence-corrected chi connectivity index (χ4v) is 4.82. The fraction of sp³-hybridized carbons (Fsp3) is 0.545. The summed E-state index contributed by atoms with van der Waals surface area (Å²) < 4.78 is 12.0. The van der Waals surface area contributed by atoms with Gasteiger partial charge >= 0.3 is 5.63 Å². The molecule has 4 nitrogen and oxygen atoms in total. The van der Waals surface area contributed by atoms with Gasteiger partial charge in [0.2, 0.25) is 0 Å². The Kier molecular flexibility index (Phi) is 4.17. The van der Waals surface area contributed by atoms with Crippen LogP contribution in [0.4, 0.5) is 0 Å². The zero-order valence-electron chi connectivity index (χ0n) is 15.8. The van der Waals surface area contributed by atoms with Crippen molar-refractivity contribution >= 4 is 16.8 Å². The molecule has 2 heterocycles. The second kappa shape index (κ2) is 6.26. The van der Waals surface area contributed by atoms with E-state index in [0.717, 1.165) is 48.6 Å². The van der Waals surface area contributed by atoms with E-state index in [1.807, 2.05) is 13.0 Å². The van der Waals surface area contributed by atoms with E-state index < -0.39 is 0 Å². The van der Waals surface area contributed by atoms with Gasteiger partial charge in [0.15, 0.2) is 5.78 Å². The highest BCUT2D eigenvalue weighted by molar-refractivity contribution is 6.05. The first-order valence-corrected chi connectivity index (χ1v) is 9.75. The van der Waals surface area contributed by atoms with Crippen molar-refractivity contribution in [2.75, 3.05) is 0 Å². The van der Waals surface area contributed by atoms with Gasteiger partial charge in [-0.2, -0.15) is 0 Å². The second-order valence-electron chi connectivity index (χ2n) is 8.18. The number of aryl methyl sites for hydroxylation is 2. The number of carbonyl (C=O) groups excluding carboxylic acids is 1. The van der Waals surface area contributed by atoms with E-state index in [-0.39, 0.29) is 17.0 Å². The zero-order chi connectivity index (χ0) is 18.5. The van der Waals surface area contributed by atoms with Crippen LogP contribution in [0, 0.1) is 12.8 Å². The zero-order valence-corrected chi connectivity index (χ0v) is 15.8. The summed E-state index contributed by atoms with van der Waals surface area (Å²) in [6, 6.07) is 3.43. The number of rotatable bonds is 2. The normalized spacial score (nSPS) is 25.3. The van der Waals surface area contributed by atoms with Crippen molar-refractivity contribution in [3.63, 3.8) is 0 Å². The fourth-order valence-electron chi connectivity index (χ4n) is 4.82. The molecule has 0 unspecified atom stereocenters. The minimum absolute atomic E-state index is 0.152. The number of carbonyl (C=O) groups is 1. The molecule has 2 atom stereocenters. The van der Waals surface area contributed by atoms with E-state index in [9.17, 15) is 9.59 Å². The lowest BCUT2D eigenvalue weighted by Crippen LogP contribution is -2.45. The first kappa shape index (κ1) is 17.3. The molecule has 1 aliphatic heterocycles. The van der Waals surface area contributed by atoms with E-state index >= 15 is 0 Å². The minimum atomic E-state index is -0.387. The van der Waals surface area contributed by atoms with E-state index in [2.05, 4.69) is 13.8 Å². The lowest BCUT2D eigenvalue weighted by Gasteiger charge is -2.43. The van der Waals surface area contributed by atoms with Crippen LogP contribution in [0.2, 0.25) is 0 Å². The molecule has 1 saturated carbocycles. The standard InChI is InChI=1S/C22H26O4/c1-4-6-15-9-19(24)25-20-14(3)21-17(10-16(15)20)18(23)12-22(26-21)8-5-7-13(2)11-22/h9-10,13H,4-8,11-12H2,1-3H3/t13-,22+/m1/s1. The monoisotopic (exact) mass is 354 g/mol. The summed E-state index contributed by atoms with van der Waals surface area (Å²) in [5.41, 5.74) is 2.20. The predicted octanol–water partition coefficient (Wildman–Crippen LogP) is 4.97. The number of ketones is 1. The lowest BCUT2D eigenvalue weighted by atomic mass is 9.74. The van der Waals surface area contributed by atoms with E-state index in [1.54, 1.807) is 6.07 Å². The molecule has 26 heavy (non-hydrogen) atoms. The van der Waals surface area contributed by atoms with Crippen molar-refractivity contribution in [2.45, 2.75) is 71.3 Å². The Hall–Kier alpha value is -2.10. The number of ether oxygens (including phenoxy) is 1. The maximum atomic E-state index is 13.0. The Morgan fingerprint density at radius 3 is 2.81 bits per heavy atom. The molecule has 0 N–H and O–H groups in total. The first-order valence-electron chi connectivity index (χ1n) is 9.75. The third-order valence-electron chi connectivity index (χ3n) is 5.97. The van der Waals surface area contributed by atoms with Gasteiger partial charge in [0, 0.05) is 17.0 Å². The van der Waals surface area contributed by atoms with Crippen LogP contribution in [0.3, 0.4) is 0 Å². The number of benzene rings is 1. The van der Waals surface area contributed by atoms with Gasteiger partial charge in [-0.05, 0) is 50.2 Å². The van der Waals surface area contributed by atoms with Gasteiger partial charge in [-0.1, -0.05) is 26.7 Å². The van der Waals surface area contributed by atoms with Crippen LogP contribution in [0.25, 0.3) is 11.0 Å². The summed E-state index contributed by atoms with van der Waals surface area (Å²) in [5.74, 6) is 1.34. The van der Waals surface area contributed by atoms with Gasteiger partial charge in [-0.25, -0.2) is 4.79 Å². The molecule has 0 radical (unpaired) electrons. The minimum Gasteiger partial charge on any atom is -0.486 e. The Labute approximate surface area is 153 Å². The van der Waals surface area contributed by atoms with Crippen LogP contribution in [0.1, 0.15) is 73.9 Å². The molecule has 2 aliphatic rings. The third-order valence-corrected chi connectivity index (χ3v) is 5.97. The first-order chi connectivity index (χ1) is 12.4. The molecule has 2 aromatic rings. The third kappa shape index (κ3) is 2.76. The Balaban J connectivity index is 1.90. The van der Waals surface area contributed by atoms with Crippen LogP contribution in [-0.2, 0) is 6.42 Å². The van der Waals surface area contributed by atoms with Crippen LogP contribution >= 0.6 is 0 Å². The topological polar surface area (TPSA) is 56.5 Å². The summed E-state index contributed by atoms with van der Waals surface area (Å²) in [5, 5.41) is 0.868. The molecule has 138 valence electrons. The molecular weight excluding hydrogens is 328 g/mol. The number of hydrogen-bond donors (Lipinski definition) is 0. The highest BCUT2D eigenvalue weighted by Crippen LogP contribution is 2.46. The van der Waals surface area contributed by atoms with Gasteiger partial charge in [-0.3, -0.25) is 4.79 Å². The molecule has 4 heteroatoms. The molecule has 0 bridgehead atoms. The molecular formula is C22H26O4. The molecule has 1 fully saturated rings. The van der Waals surface area contributed by atoms with Crippen molar-refractivity contribution in [3.8, 4) is 5.75 Å². The van der Waals surface area contributed by atoms with Crippen molar-refractivity contribution in [2.24, 2.45) is 5.92 Å². The molecule has 1 aromatic heterocycles. The molecule has 4 rings (SSSR count). The van der Waals surface area contributed by atoms with Gasteiger partial charge in [-0.15, -0.1) is 0 Å². The molecule has 1 spiro atoms. The average Bonchev–Trinajstić information content (AvgIpc) is 2.57. The van der Waals surface area contributed by atoms with E-state index in [4.69, 9.17) is 9.15 Å². The van der Waals surface area contributed by atoms with Gasteiger partial charge in [0.1, 0.15) is 16.9 Å². The van der Waals surface area contributed by atoms with Crippen molar-refractivity contribution < 1.29 is 13.9 Å². The number of fused-ring (bicyclic) bond motifs is 2.